The molecule has 15 heavy (non-hydrogen) atoms. The standard InChI is InChI=1S/C9H7N3O2.H3N/c1-2-5-6(3-10)8(13)12-9(14)7(5)4-11;/h2H2,1H3,(H2,12,13,14);1H3. The smallest absolute Gasteiger partial charge is 0.265 e. The van der Waals surface area contributed by atoms with Crippen LogP contribution in [0.25, 0.3) is 0 Å². The van der Waals surface area contributed by atoms with Crippen molar-refractivity contribution in [3.05, 3.63) is 27.0 Å². The second-order valence-electron chi connectivity index (χ2n) is 2.59. The molecule has 0 aromatic carbocycles. The van der Waals surface area contributed by atoms with Gasteiger partial charge in [0.25, 0.3) is 5.56 Å². The van der Waals surface area contributed by atoms with Gasteiger partial charge in [0, 0.05) is 0 Å². The Labute approximate surface area is 86.0 Å². The van der Waals surface area contributed by atoms with Gasteiger partial charge in [0.2, 0.25) is 0 Å². The number of nitrogens with zero attached hydrogens (tertiary/aromatic N) is 2. The highest BCUT2D eigenvalue weighted by molar-refractivity contribution is 5.50. The van der Waals surface area contributed by atoms with E-state index in [1.165, 1.54) is 0 Å². The van der Waals surface area contributed by atoms with Crippen molar-refractivity contribution in [2.75, 3.05) is 0 Å². The molecule has 0 aliphatic rings. The maximum atomic E-state index is 11.1. The van der Waals surface area contributed by atoms with Gasteiger partial charge >= 0.3 is 0 Å². The molecule has 0 saturated carbocycles. The van der Waals surface area contributed by atoms with Crippen LogP contribution in [-0.4, -0.2) is 4.98 Å². The van der Waals surface area contributed by atoms with Gasteiger partial charge in [0.05, 0.1) is 5.56 Å². The normalized spacial score (nSPS) is 8.47. The zero-order valence-electron chi connectivity index (χ0n) is 8.42. The fourth-order valence-corrected chi connectivity index (χ4v) is 1.22. The Morgan fingerprint density at radius 2 is 1.87 bits per heavy atom. The van der Waals surface area contributed by atoms with Gasteiger partial charge in [0.15, 0.2) is 0 Å². The summed E-state index contributed by atoms with van der Waals surface area (Å²) in [7, 11) is 0. The van der Waals surface area contributed by atoms with E-state index in [4.69, 9.17) is 10.5 Å². The van der Waals surface area contributed by atoms with E-state index in [9.17, 15) is 9.90 Å². The third-order valence-corrected chi connectivity index (χ3v) is 1.86. The molecule has 0 atom stereocenters. The molecule has 0 amide bonds. The molecule has 0 bridgehead atoms. The molecule has 1 aromatic rings. The first-order chi connectivity index (χ1) is 6.65. The van der Waals surface area contributed by atoms with Gasteiger partial charge in [-0.05, 0) is 17.9 Å². The average Bonchev–Trinajstić information content (AvgIpc) is 2.16. The van der Waals surface area contributed by atoms with E-state index in [1.807, 2.05) is 4.98 Å². The van der Waals surface area contributed by atoms with E-state index in [0.29, 0.717) is 6.42 Å². The summed E-state index contributed by atoms with van der Waals surface area (Å²) < 4.78 is 0. The lowest BCUT2D eigenvalue weighted by atomic mass is 10.0. The lowest BCUT2D eigenvalue weighted by Crippen LogP contribution is -2.18. The van der Waals surface area contributed by atoms with Crippen LogP contribution in [0.5, 0.6) is 5.88 Å². The second-order valence-corrected chi connectivity index (χ2v) is 2.59. The molecular weight excluding hydrogens is 196 g/mol. The summed E-state index contributed by atoms with van der Waals surface area (Å²) in [4.78, 5) is 13.1. The fraction of sp³-hybridized carbons (Fsp3) is 0.222. The number of aromatic amines is 1. The van der Waals surface area contributed by atoms with Crippen molar-refractivity contribution in [3.63, 3.8) is 0 Å². The number of rotatable bonds is 1. The summed E-state index contributed by atoms with van der Waals surface area (Å²) in [5.41, 5.74) is -0.801. The number of H-pyrrole nitrogens is 1. The number of hydrogen-bond acceptors (Lipinski definition) is 4. The van der Waals surface area contributed by atoms with E-state index < -0.39 is 11.4 Å². The largest absolute Gasteiger partial charge is 0.859 e. The van der Waals surface area contributed by atoms with Crippen molar-refractivity contribution in [3.8, 4) is 18.0 Å². The number of pyridine rings is 1. The fourth-order valence-electron chi connectivity index (χ4n) is 1.22. The predicted octanol–water partition coefficient (Wildman–Crippen LogP) is 0.130. The van der Waals surface area contributed by atoms with Crippen molar-refractivity contribution in [1.29, 1.82) is 10.5 Å². The second kappa shape index (κ2) is 4.80. The minimum absolute atomic E-state index is 0. The van der Waals surface area contributed by atoms with Crippen molar-refractivity contribution < 1.29 is 5.11 Å². The summed E-state index contributed by atoms with van der Waals surface area (Å²) in [5, 5.41) is 28.5. The van der Waals surface area contributed by atoms with E-state index in [-0.39, 0.29) is 22.8 Å². The van der Waals surface area contributed by atoms with E-state index in [1.54, 1.807) is 19.1 Å². The summed E-state index contributed by atoms with van der Waals surface area (Å²) in [5.74, 6) is -0.728. The Bertz CT molecular complexity index is 505. The Kier molecular flexibility index (Phi) is 4.06. The van der Waals surface area contributed by atoms with Crippen molar-refractivity contribution >= 4 is 0 Å². The lowest BCUT2D eigenvalue weighted by molar-refractivity contribution is -0.275. The summed E-state index contributed by atoms with van der Waals surface area (Å²) >= 11 is 0. The van der Waals surface area contributed by atoms with Gasteiger partial charge in [-0.3, -0.25) is 4.79 Å². The highest BCUT2D eigenvalue weighted by Crippen LogP contribution is 2.16. The van der Waals surface area contributed by atoms with Crippen LogP contribution in [0.1, 0.15) is 23.6 Å². The molecule has 0 fully saturated rings. The number of quaternary nitrogens is 1. The Morgan fingerprint density at radius 3 is 2.27 bits per heavy atom. The molecule has 1 aromatic heterocycles. The molecule has 6 heteroatoms. The van der Waals surface area contributed by atoms with Gasteiger partial charge in [-0.25, -0.2) is 0 Å². The predicted molar refractivity (Wildman–Crippen MR) is 51.3 cm³/mol. The molecule has 5 N–H and O–H groups in total. The number of nitriles is 2. The molecule has 0 unspecified atom stereocenters. The minimum Gasteiger partial charge on any atom is -0.859 e. The zero-order chi connectivity index (χ0) is 10.7. The van der Waals surface area contributed by atoms with Gasteiger partial charge in [-0.15, -0.1) is 0 Å². The van der Waals surface area contributed by atoms with Gasteiger partial charge < -0.3 is 16.2 Å². The first-order valence-electron chi connectivity index (χ1n) is 3.92. The molecule has 0 radical (unpaired) electrons. The molecular formula is C9H10N4O2. The van der Waals surface area contributed by atoms with Gasteiger partial charge in [-0.1, -0.05) is 6.92 Å². The molecule has 1 rings (SSSR count). The van der Waals surface area contributed by atoms with Crippen LogP contribution in [0.15, 0.2) is 4.79 Å². The SMILES string of the molecule is CCc1c(C#N)c([O-])[nH]c(=O)c1C#N.[NH4+]. The summed E-state index contributed by atoms with van der Waals surface area (Å²) in [6, 6.07) is 3.37. The average molecular weight is 206 g/mol. The zero-order valence-corrected chi connectivity index (χ0v) is 8.42. The monoisotopic (exact) mass is 206 g/mol. The Hall–Kier alpha value is -2.31. The molecule has 6 nitrogen and oxygen atoms in total. The number of aromatic nitrogens is 1. The van der Waals surface area contributed by atoms with Gasteiger partial charge in [-0.2, -0.15) is 10.5 Å². The quantitative estimate of drug-likeness (QED) is 0.673. The van der Waals surface area contributed by atoms with Crippen LogP contribution >= 0.6 is 0 Å². The third-order valence-electron chi connectivity index (χ3n) is 1.86. The van der Waals surface area contributed by atoms with Crippen molar-refractivity contribution in [2.45, 2.75) is 13.3 Å². The topological polar surface area (TPSA) is 140 Å². The van der Waals surface area contributed by atoms with Crippen LogP contribution in [0.2, 0.25) is 0 Å². The lowest BCUT2D eigenvalue weighted by Gasteiger charge is -2.11. The van der Waals surface area contributed by atoms with Crippen LogP contribution < -0.4 is 16.8 Å². The Balaban J connectivity index is 0.00000196. The molecule has 1 heterocycles. The number of nitrogens with one attached hydrogen (secondary N) is 1. The van der Waals surface area contributed by atoms with E-state index >= 15 is 0 Å². The maximum Gasteiger partial charge on any atom is 0.265 e. The molecule has 0 aliphatic heterocycles. The molecule has 0 spiro atoms. The maximum absolute atomic E-state index is 11.1. The van der Waals surface area contributed by atoms with Gasteiger partial charge in [0.1, 0.15) is 17.7 Å². The summed E-state index contributed by atoms with van der Waals surface area (Å²) in [6.07, 6.45) is 0.310. The van der Waals surface area contributed by atoms with E-state index in [2.05, 4.69) is 0 Å². The van der Waals surface area contributed by atoms with Crippen LogP contribution in [0.3, 0.4) is 0 Å². The minimum atomic E-state index is -0.728. The first kappa shape index (κ1) is 12.7. The highest BCUT2D eigenvalue weighted by atomic mass is 16.3. The molecule has 0 saturated heterocycles. The first-order valence-corrected chi connectivity index (χ1v) is 3.92. The van der Waals surface area contributed by atoms with Crippen LogP contribution in [0.4, 0.5) is 0 Å². The van der Waals surface area contributed by atoms with Crippen molar-refractivity contribution in [1.82, 2.24) is 11.1 Å². The van der Waals surface area contributed by atoms with Crippen LogP contribution in [-0.2, 0) is 6.42 Å². The summed E-state index contributed by atoms with van der Waals surface area (Å²) in [6.45, 7) is 1.68. The number of hydrogen-bond donors (Lipinski definition) is 2. The van der Waals surface area contributed by atoms with Crippen LogP contribution in [0, 0.1) is 22.7 Å². The van der Waals surface area contributed by atoms with Crippen molar-refractivity contribution in [2.24, 2.45) is 0 Å². The highest BCUT2D eigenvalue weighted by Gasteiger charge is 2.11. The van der Waals surface area contributed by atoms with E-state index in [0.717, 1.165) is 0 Å². The molecule has 78 valence electrons. The third kappa shape index (κ3) is 1.96. The Morgan fingerprint density at radius 1 is 1.33 bits per heavy atom. The molecule has 0 aliphatic carbocycles.